The monoisotopic (exact) mass is 562 g/mol. The first-order chi connectivity index (χ1) is 13.8. The van der Waals surface area contributed by atoms with Crippen molar-refractivity contribution in [2.24, 2.45) is 0 Å². The number of para-hydroxylation sites is 2. The molecule has 0 radical (unpaired) electrons. The van der Waals surface area contributed by atoms with E-state index in [1.165, 1.54) is 26.0 Å². The molecule has 2 amide bonds. The normalized spacial score (nSPS) is 10.7. The van der Waals surface area contributed by atoms with Gasteiger partial charge in [0.25, 0.3) is 0 Å². The topological polar surface area (TPSA) is 173 Å². The summed E-state index contributed by atoms with van der Waals surface area (Å²) in [6, 6.07) is 12.6. The van der Waals surface area contributed by atoms with E-state index in [1.54, 1.807) is 36.4 Å². The second-order valence-electron chi connectivity index (χ2n) is 6.08. The fraction of sp³-hybridized carbons (Fsp3) is 0.222. The zero-order valence-electron chi connectivity index (χ0n) is 16.4. The molecule has 0 atom stereocenters. The maximum absolute atomic E-state index is 10.8. The Kier molecular flexibility index (Phi) is 11.8. The Morgan fingerprint density at radius 2 is 1.00 bits per heavy atom. The van der Waals surface area contributed by atoms with Crippen LogP contribution in [0.4, 0.5) is 11.4 Å². The number of rotatable bonds is 6. The summed E-state index contributed by atoms with van der Waals surface area (Å²) in [4.78, 5) is 21.6. The van der Waals surface area contributed by atoms with Crippen molar-refractivity contribution in [2.75, 3.05) is 10.6 Å². The molecule has 2 N–H and O–H groups in total. The third-order valence-corrected chi connectivity index (χ3v) is 4.65. The van der Waals surface area contributed by atoms with E-state index in [-0.39, 0.29) is 32.2 Å². The molecule has 0 unspecified atom stereocenters. The third kappa shape index (κ3) is 13.0. The Morgan fingerprint density at radius 1 is 0.710 bits per heavy atom. The van der Waals surface area contributed by atoms with Crippen molar-refractivity contribution in [3.63, 3.8) is 0 Å². The molecule has 0 heterocycles. The van der Waals surface area contributed by atoms with E-state index in [0.717, 1.165) is 0 Å². The summed E-state index contributed by atoms with van der Waals surface area (Å²) in [6.45, 7) is 2.62. The molecule has 0 bridgehead atoms. The summed E-state index contributed by atoms with van der Waals surface area (Å²) in [5, 5.41) is 4.91. The molecule has 0 spiro atoms. The molecule has 0 saturated carbocycles. The van der Waals surface area contributed by atoms with E-state index in [1.807, 2.05) is 0 Å². The molecule has 2 aromatic carbocycles. The summed E-state index contributed by atoms with van der Waals surface area (Å²) in [5.41, 5.74) is 1.29. The van der Waals surface area contributed by atoms with Crippen LogP contribution in [-0.4, -0.2) is 37.8 Å². The van der Waals surface area contributed by atoms with E-state index < -0.39 is 31.7 Å². The average molecular weight is 563 g/mol. The SMILES string of the molecule is CC(=O)Nc1ccccc1CS(=O)(=O)[O-].CC(=O)Nc1ccccc1CS(=O)(=O)[O-].[Pd+2]. The fourth-order valence-corrected chi connectivity index (χ4v) is 3.56. The predicted octanol–water partition coefficient (Wildman–Crippen LogP) is 1.38. The van der Waals surface area contributed by atoms with Crippen LogP contribution in [0.5, 0.6) is 0 Å². The molecule has 0 saturated heterocycles. The number of carbonyl (C=O) groups is 2. The van der Waals surface area contributed by atoms with Crippen LogP contribution in [-0.2, 0) is 61.8 Å². The van der Waals surface area contributed by atoms with Gasteiger partial charge in [-0.25, -0.2) is 16.8 Å². The van der Waals surface area contributed by atoms with Crippen molar-refractivity contribution in [3.8, 4) is 0 Å². The molecule has 0 aliphatic heterocycles. The van der Waals surface area contributed by atoms with Gasteiger partial charge in [-0.2, -0.15) is 0 Å². The van der Waals surface area contributed by atoms with Crippen LogP contribution in [0, 0.1) is 0 Å². The van der Waals surface area contributed by atoms with Crippen LogP contribution in [0.15, 0.2) is 48.5 Å². The van der Waals surface area contributed by atoms with E-state index in [0.29, 0.717) is 22.5 Å². The minimum Gasteiger partial charge on any atom is -0.748 e. The van der Waals surface area contributed by atoms with Gasteiger partial charge >= 0.3 is 20.4 Å². The van der Waals surface area contributed by atoms with Crippen molar-refractivity contribution in [3.05, 3.63) is 59.7 Å². The van der Waals surface area contributed by atoms with E-state index in [2.05, 4.69) is 10.6 Å². The van der Waals surface area contributed by atoms with Crippen molar-refractivity contribution in [2.45, 2.75) is 25.4 Å². The third-order valence-electron chi connectivity index (χ3n) is 3.32. The van der Waals surface area contributed by atoms with Gasteiger partial charge in [0, 0.05) is 25.2 Å². The number of hydrogen-bond acceptors (Lipinski definition) is 8. The number of nitrogens with one attached hydrogen (secondary N) is 2. The molecule has 13 heteroatoms. The van der Waals surface area contributed by atoms with Crippen LogP contribution in [0.25, 0.3) is 0 Å². The Bertz CT molecular complexity index is 1030. The van der Waals surface area contributed by atoms with E-state index in [9.17, 15) is 35.5 Å². The second kappa shape index (κ2) is 12.7. The smallest absolute Gasteiger partial charge is 0.748 e. The van der Waals surface area contributed by atoms with Gasteiger partial charge in [0.15, 0.2) is 0 Å². The predicted molar refractivity (Wildman–Crippen MR) is 108 cm³/mol. The zero-order valence-corrected chi connectivity index (χ0v) is 19.6. The number of amides is 2. The van der Waals surface area contributed by atoms with Gasteiger partial charge in [0.05, 0.1) is 31.7 Å². The zero-order chi connectivity index (χ0) is 22.9. The summed E-state index contributed by atoms with van der Waals surface area (Å²) in [5.74, 6) is -1.87. The average Bonchev–Trinajstić information content (AvgIpc) is 2.56. The van der Waals surface area contributed by atoms with Crippen molar-refractivity contribution < 1.29 is 56.0 Å². The van der Waals surface area contributed by atoms with Crippen LogP contribution in [0.2, 0.25) is 0 Å². The van der Waals surface area contributed by atoms with Crippen molar-refractivity contribution in [1.29, 1.82) is 0 Å². The number of carbonyl (C=O) groups excluding carboxylic acids is 2. The standard InChI is InChI=1S/2C9H11NO4S.Pd/c2*1-7(11)10-9-5-3-2-4-8(9)6-15(12,13)14;/h2*2-5H,6H2,1H3,(H,10,11)(H,12,13,14);/q;;+2/p-2. The quantitative estimate of drug-likeness (QED) is 0.392. The maximum Gasteiger partial charge on any atom is 2.00 e. The van der Waals surface area contributed by atoms with Crippen LogP contribution in [0.3, 0.4) is 0 Å². The van der Waals surface area contributed by atoms with Gasteiger partial charge in [0.2, 0.25) is 11.8 Å². The van der Waals surface area contributed by atoms with Crippen molar-refractivity contribution >= 4 is 43.4 Å². The molecule has 0 fully saturated rings. The first kappa shape index (κ1) is 28.9. The molecule has 2 rings (SSSR count). The van der Waals surface area contributed by atoms with Crippen LogP contribution in [0.1, 0.15) is 25.0 Å². The second-order valence-corrected chi connectivity index (χ2v) is 8.89. The molecule has 0 aliphatic carbocycles. The summed E-state index contributed by atoms with van der Waals surface area (Å²) in [6.07, 6.45) is 0. The number of hydrogen-bond donors (Lipinski definition) is 2. The minimum atomic E-state index is -4.34. The van der Waals surface area contributed by atoms with Gasteiger partial charge in [-0.3, -0.25) is 9.59 Å². The molecule has 2 aromatic rings. The Balaban J connectivity index is 0.000000562. The first-order valence-electron chi connectivity index (χ1n) is 8.35. The first-order valence-corrected chi connectivity index (χ1v) is 11.5. The molecule has 31 heavy (non-hydrogen) atoms. The summed E-state index contributed by atoms with van der Waals surface area (Å²) < 4.78 is 63.4. The van der Waals surface area contributed by atoms with Gasteiger partial charge < -0.3 is 19.7 Å². The Morgan fingerprint density at radius 3 is 1.26 bits per heavy atom. The minimum absolute atomic E-state index is 0. The summed E-state index contributed by atoms with van der Waals surface area (Å²) >= 11 is 0. The van der Waals surface area contributed by atoms with Crippen molar-refractivity contribution in [1.82, 2.24) is 0 Å². The van der Waals surface area contributed by atoms with Gasteiger partial charge in [0.1, 0.15) is 0 Å². The number of benzene rings is 2. The molecule has 10 nitrogen and oxygen atoms in total. The Hall–Kier alpha value is -2.14. The fourth-order valence-electron chi connectivity index (χ4n) is 2.30. The Labute approximate surface area is 194 Å². The van der Waals surface area contributed by atoms with E-state index in [4.69, 9.17) is 0 Å². The molecule has 0 aromatic heterocycles. The van der Waals surface area contributed by atoms with Gasteiger partial charge in [-0.05, 0) is 23.3 Å². The molecule has 0 aliphatic rings. The van der Waals surface area contributed by atoms with Gasteiger partial charge in [-0.15, -0.1) is 0 Å². The molecule has 172 valence electrons. The molecular weight excluding hydrogens is 543 g/mol. The largest absolute Gasteiger partial charge is 2.00 e. The molecular formula is C18H20N2O8PdS2. The van der Waals surface area contributed by atoms with Gasteiger partial charge in [-0.1, -0.05) is 36.4 Å². The van der Waals surface area contributed by atoms with Crippen LogP contribution < -0.4 is 10.6 Å². The van der Waals surface area contributed by atoms with Crippen LogP contribution >= 0.6 is 0 Å². The summed E-state index contributed by atoms with van der Waals surface area (Å²) in [7, 11) is -8.67. The maximum atomic E-state index is 10.8. The van der Waals surface area contributed by atoms with E-state index >= 15 is 0 Å². The number of anilines is 2.